The normalized spacial score (nSPS) is 38.9. The fraction of sp³-hybridized carbons (Fsp3) is 0.917. The Morgan fingerprint density at radius 3 is 2.88 bits per heavy atom. The van der Waals surface area contributed by atoms with E-state index in [1.54, 1.807) is 0 Å². The average Bonchev–Trinajstić information content (AvgIpc) is 2.87. The number of carbonyl (C=O) groups is 1. The molecule has 0 aromatic heterocycles. The summed E-state index contributed by atoms with van der Waals surface area (Å²) >= 11 is 6.15. The minimum atomic E-state index is 0.0365. The molecule has 1 saturated carbocycles. The molecule has 1 N–H and O–H groups in total. The van der Waals surface area contributed by atoms with Crippen LogP contribution in [0.5, 0.6) is 0 Å². The van der Waals surface area contributed by atoms with E-state index < -0.39 is 0 Å². The zero-order valence-electron chi connectivity index (χ0n) is 9.75. The molecule has 2 aliphatic rings. The van der Waals surface area contributed by atoms with Crippen molar-refractivity contribution in [1.29, 1.82) is 0 Å². The molecule has 1 aliphatic carbocycles. The van der Waals surface area contributed by atoms with Crippen molar-refractivity contribution in [3.63, 3.8) is 0 Å². The van der Waals surface area contributed by atoms with Crippen LogP contribution in [0, 0.1) is 5.92 Å². The lowest BCUT2D eigenvalue weighted by molar-refractivity contribution is -0.127. The summed E-state index contributed by atoms with van der Waals surface area (Å²) < 4.78 is 5.53. The SMILES string of the molecule is CCC1OCCC1C(=O)NC1CCCC1Cl. The zero-order valence-corrected chi connectivity index (χ0v) is 10.5. The molecular weight excluding hydrogens is 226 g/mol. The molecule has 92 valence electrons. The van der Waals surface area contributed by atoms with Crippen molar-refractivity contribution in [3.8, 4) is 0 Å². The van der Waals surface area contributed by atoms with Crippen molar-refractivity contribution >= 4 is 17.5 Å². The minimum absolute atomic E-state index is 0.0365. The average molecular weight is 246 g/mol. The van der Waals surface area contributed by atoms with Gasteiger partial charge in [0.2, 0.25) is 5.91 Å². The molecule has 0 radical (unpaired) electrons. The van der Waals surface area contributed by atoms with Crippen LogP contribution < -0.4 is 5.32 Å². The van der Waals surface area contributed by atoms with Crippen LogP contribution in [0.1, 0.15) is 39.0 Å². The second-order valence-corrected chi connectivity index (χ2v) is 5.34. The van der Waals surface area contributed by atoms with Gasteiger partial charge in [-0.15, -0.1) is 11.6 Å². The number of alkyl halides is 1. The highest BCUT2D eigenvalue weighted by molar-refractivity contribution is 6.21. The summed E-state index contributed by atoms with van der Waals surface area (Å²) in [5.74, 6) is 0.177. The first kappa shape index (κ1) is 12.2. The standard InChI is InChI=1S/C12H20ClNO2/c1-2-11-8(6-7-16-11)12(15)14-10-5-3-4-9(10)13/h8-11H,2-7H2,1H3,(H,14,15). The van der Waals surface area contributed by atoms with E-state index in [9.17, 15) is 4.79 Å². The number of hydrogen-bond donors (Lipinski definition) is 1. The van der Waals surface area contributed by atoms with Gasteiger partial charge in [0.1, 0.15) is 0 Å². The van der Waals surface area contributed by atoms with Crippen LogP contribution in [0.25, 0.3) is 0 Å². The van der Waals surface area contributed by atoms with Crippen molar-refractivity contribution in [1.82, 2.24) is 5.32 Å². The molecule has 0 bridgehead atoms. The number of nitrogens with one attached hydrogen (secondary N) is 1. The van der Waals surface area contributed by atoms with Crippen LogP contribution in [0.3, 0.4) is 0 Å². The van der Waals surface area contributed by atoms with E-state index in [0.717, 1.165) is 32.1 Å². The fourth-order valence-electron chi connectivity index (χ4n) is 2.72. The van der Waals surface area contributed by atoms with Gasteiger partial charge in [-0.05, 0) is 32.1 Å². The van der Waals surface area contributed by atoms with Gasteiger partial charge in [0.15, 0.2) is 0 Å². The van der Waals surface area contributed by atoms with Gasteiger partial charge in [0.05, 0.1) is 17.4 Å². The fourth-order valence-corrected chi connectivity index (χ4v) is 3.06. The zero-order chi connectivity index (χ0) is 11.5. The molecule has 1 heterocycles. The van der Waals surface area contributed by atoms with Crippen molar-refractivity contribution in [2.75, 3.05) is 6.61 Å². The van der Waals surface area contributed by atoms with Crippen LogP contribution in [-0.4, -0.2) is 30.0 Å². The highest BCUT2D eigenvalue weighted by atomic mass is 35.5. The van der Waals surface area contributed by atoms with E-state index in [0.29, 0.717) is 6.61 Å². The van der Waals surface area contributed by atoms with E-state index in [4.69, 9.17) is 16.3 Å². The lowest BCUT2D eigenvalue weighted by Gasteiger charge is -2.21. The highest BCUT2D eigenvalue weighted by Gasteiger charge is 2.35. The van der Waals surface area contributed by atoms with Crippen LogP contribution in [0.15, 0.2) is 0 Å². The molecule has 0 aromatic rings. The largest absolute Gasteiger partial charge is 0.377 e. The van der Waals surface area contributed by atoms with Crippen LogP contribution in [-0.2, 0) is 9.53 Å². The van der Waals surface area contributed by atoms with Crippen molar-refractivity contribution < 1.29 is 9.53 Å². The maximum Gasteiger partial charge on any atom is 0.226 e. The van der Waals surface area contributed by atoms with Gasteiger partial charge < -0.3 is 10.1 Å². The molecule has 4 atom stereocenters. The Bertz CT molecular complexity index is 259. The maximum absolute atomic E-state index is 12.1. The predicted octanol–water partition coefficient (Wildman–Crippen LogP) is 2.08. The number of rotatable bonds is 3. The molecule has 2 rings (SSSR count). The molecule has 1 saturated heterocycles. The van der Waals surface area contributed by atoms with Crippen molar-refractivity contribution in [2.24, 2.45) is 5.92 Å². The van der Waals surface area contributed by atoms with E-state index >= 15 is 0 Å². The molecule has 3 nitrogen and oxygen atoms in total. The third kappa shape index (κ3) is 2.51. The molecule has 1 amide bonds. The lowest BCUT2D eigenvalue weighted by Crippen LogP contribution is -2.43. The Hall–Kier alpha value is -0.280. The van der Waals surface area contributed by atoms with Crippen molar-refractivity contribution in [3.05, 3.63) is 0 Å². The molecule has 0 spiro atoms. The van der Waals surface area contributed by atoms with Crippen LogP contribution in [0.4, 0.5) is 0 Å². The van der Waals surface area contributed by atoms with Crippen LogP contribution in [0.2, 0.25) is 0 Å². The lowest BCUT2D eigenvalue weighted by atomic mass is 9.98. The number of halogens is 1. The van der Waals surface area contributed by atoms with E-state index in [-0.39, 0.29) is 29.3 Å². The van der Waals surface area contributed by atoms with Gasteiger partial charge in [0, 0.05) is 12.6 Å². The second-order valence-electron chi connectivity index (χ2n) is 4.77. The first-order valence-corrected chi connectivity index (χ1v) is 6.72. The molecule has 1 aliphatic heterocycles. The van der Waals surface area contributed by atoms with Crippen LogP contribution >= 0.6 is 11.6 Å². The smallest absolute Gasteiger partial charge is 0.226 e. The predicted molar refractivity (Wildman–Crippen MR) is 63.6 cm³/mol. The number of hydrogen-bond acceptors (Lipinski definition) is 2. The van der Waals surface area contributed by atoms with Gasteiger partial charge in [-0.2, -0.15) is 0 Å². The van der Waals surface area contributed by atoms with Gasteiger partial charge in [0.25, 0.3) is 0 Å². The highest BCUT2D eigenvalue weighted by Crippen LogP contribution is 2.27. The Morgan fingerprint density at radius 1 is 1.44 bits per heavy atom. The summed E-state index contributed by atoms with van der Waals surface area (Å²) in [6.45, 7) is 2.78. The van der Waals surface area contributed by atoms with Gasteiger partial charge >= 0.3 is 0 Å². The summed E-state index contributed by atoms with van der Waals surface area (Å²) in [7, 11) is 0. The quantitative estimate of drug-likeness (QED) is 0.774. The third-order valence-electron chi connectivity index (χ3n) is 3.71. The topological polar surface area (TPSA) is 38.3 Å². The van der Waals surface area contributed by atoms with Gasteiger partial charge in [-0.25, -0.2) is 0 Å². The summed E-state index contributed by atoms with van der Waals surface area (Å²) in [4.78, 5) is 12.1. The summed E-state index contributed by atoms with van der Waals surface area (Å²) in [5, 5.41) is 3.20. The summed E-state index contributed by atoms with van der Waals surface area (Å²) in [6.07, 6.45) is 5.03. The number of carbonyl (C=O) groups excluding carboxylic acids is 1. The summed E-state index contributed by atoms with van der Waals surface area (Å²) in [6, 6.07) is 0.173. The maximum atomic E-state index is 12.1. The Kier molecular flexibility index (Phi) is 4.09. The Balaban J connectivity index is 1.87. The second kappa shape index (κ2) is 5.37. The first-order valence-electron chi connectivity index (χ1n) is 6.28. The van der Waals surface area contributed by atoms with Gasteiger partial charge in [-0.1, -0.05) is 6.92 Å². The Morgan fingerprint density at radius 2 is 2.25 bits per heavy atom. The van der Waals surface area contributed by atoms with Gasteiger partial charge in [-0.3, -0.25) is 4.79 Å². The monoisotopic (exact) mass is 245 g/mol. The molecule has 4 unspecified atom stereocenters. The Labute approximate surface area is 102 Å². The minimum Gasteiger partial charge on any atom is -0.377 e. The molecular formula is C12H20ClNO2. The third-order valence-corrected chi connectivity index (χ3v) is 4.23. The molecule has 16 heavy (non-hydrogen) atoms. The first-order chi connectivity index (χ1) is 7.72. The van der Waals surface area contributed by atoms with E-state index in [1.165, 1.54) is 0 Å². The molecule has 2 fully saturated rings. The number of ether oxygens (including phenoxy) is 1. The molecule has 0 aromatic carbocycles. The van der Waals surface area contributed by atoms with E-state index in [2.05, 4.69) is 12.2 Å². The summed E-state index contributed by atoms with van der Waals surface area (Å²) in [5.41, 5.74) is 0. The van der Waals surface area contributed by atoms with Crippen molar-refractivity contribution in [2.45, 2.75) is 56.6 Å². The number of amides is 1. The van der Waals surface area contributed by atoms with E-state index in [1.807, 2.05) is 0 Å². The molecule has 4 heteroatoms.